The number of benzene rings is 2. The summed E-state index contributed by atoms with van der Waals surface area (Å²) in [7, 11) is 0. The van der Waals surface area contributed by atoms with Gasteiger partial charge in [-0.2, -0.15) is 0 Å². The van der Waals surface area contributed by atoms with Gasteiger partial charge in [0.1, 0.15) is 0 Å². The van der Waals surface area contributed by atoms with Crippen molar-refractivity contribution in [3.8, 4) is 0 Å². The Kier molecular flexibility index (Phi) is 8.40. The lowest BCUT2D eigenvalue weighted by Gasteiger charge is -2.04. The highest BCUT2D eigenvalue weighted by Gasteiger charge is 1.98. The van der Waals surface area contributed by atoms with Crippen LogP contribution in [0.4, 0.5) is 0 Å². The van der Waals surface area contributed by atoms with Gasteiger partial charge in [-0.25, -0.2) is 0 Å². The molecule has 0 bridgehead atoms. The van der Waals surface area contributed by atoms with Crippen LogP contribution < -0.4 is 0 Å². The highest BCUT2D eigenvalue weighted by Crippen LogP contribution is 2.02. The van der Waals surface area contributed by atoms with E-state index < -0.39 is 0 Å². The average molecular weight is 318 g/mol. The largest absolute Gasteiger partial charge is 0.483 e. The molecular weight excluding hydrogens is 300 g/mol. The second-order valence-electron chi connectivity index (χ2n) is 4.17. The molecule has 2 aromatic carbocycles. The molecule has 0 saturated carbocycles. The molecule has 0 aromatic heterocycles. The predicted molar refractivity (Wildman–Crippen MR) is 94.1 cm³/mol. The second kappa shape index (κ2) is 10.1. The molecule has 2 rings (SSSR count). The van der Waals surface area contributed by atoms with E-state index in [1.165, 1.54) is 0 Å². The number of carbonyl (C=O) groups is 1. The number of thiocarbonyl (C=S) groups is 1. The van der Waals surface area contributed by atoms with E-state index in [1.807, 2.05) is 48.5 Å². The lowest BCUT2D eigenvalue weighted by atomic mass is 10.2. The van der Waals surface area contributed by atoms with Crippen molar-refractivity contribution in [3.05, 3.63) is 71.8 Å². The van der Waals surface area contributed by atoms with E-state index in [-0.39, 0.29) is 5.12 Å². The van der Waals surface area contributed by atoms with Gasteiger partial charge in [-0.3, -0.25) is 4.79 Å². The van der Waals surface area contributed by atoms with Crippen molar-refractivity contribution in [1.29, 1.82) is 0 Å². The van der Waals surface area contributed by atoms with Crippen molar-refractivity contribution in [2.24, 2.45) is 0 Å². The highest BCUT2D eigenvalue weighted by molar-refractivity contribution is 7.97. The molecule has 0 heterocycles. The quantitative estimate of drug-likeness (QED) is 0.662. The first kappa shape index (κ1) is 17.4. The first-order chi connectivity index (χ1) is 10.1. The Bertz CT molecular complexity index is 554. The number of hydrogen-bond acceptors (Lipinski definition) is 3. The molecular formula is C17H18O2S2. The van der Waals surface area contributed by atoms with E-state index in [1.54, 1.807) is 12.1 Å². The number of ether oxygens (including phenoxy) is 1. The number of thiol groups is 1. The van der Waals surface area contributed by atoms with Gasteiger partial charge >= 0.3 is 0 Å². The van der Waals surface area contributed by atoms with E-state index in [4.69, 9.17) is 17.0 Å². The van der Waals surface area contributed by atoms with Crippen LogP contribution in [0.2, 0.25) is 0 Å². The molecule has 0 spiro atoms. The van der Waals surface area contributed by atoms with Gasteiger partial charge < -0.3 is 4.74 Å². The van der Waals surface area contributed by atoms with E-state index in [9.17, 15) is 4.79 Å². The summed E-state index contributed by atoms with van der Waals surface area (Å²) >= 11 is 8.71. The van der Waals surface area contributed by atoms with Gasteiger partial charge in [-0.05, 0) is 18.6 Å². The van der Waals surface area contributed by atoms with Crippen molar-refractivity contribution in [3.63, 3.8) is 0 Å². The minimum Gasteiger partial charge on any atom is -0.483 e. The summed E-state index contributed by atoms with van der Waals surface area (Å²) < 4.78 is 5.31. The second-order valence-corrected chi connectivity index (χ2v) is 4.95. The van der Waals surface area contributed by atoms with Crippen LogP contribution in [0.3, 0.4) is 0 Å². The minimum atomic E-state index is -0.185. The first-order valence-electron chi connectivity index (χ1n) is 6.65. The molecule has 2 nitrogen and oxygen atoms in total. The van der Waals surface area contributed by atoms with E-state index in [0.29, 0.717) is 17.2 Å². The van der Waals surface area contributed by atoms with Crippen molar-refractivity contribution in [1.82, 2.24) is 0 Å². The summed E-state index contributed by atoms with van der Waals surface area (Å²) in [6.07, 6.45) is 0.993. The Hall–Kier alpha value is -1.65. The maximum atomic E-state index is 10.5. The molecule has 110 valence electrons. The third-order valence-electron chi connectivity index (χ3n) is 2.47. The Morgan fingerprint density at radius 2 is 1.48 bits per heavy atom. The van der Waals surface area contributed by atoms with E-state index >= 15 is 0 Å². The molecule has 0 aliphatic rings. The Morgan fingerprint density at radius 1 is 1.00 bits per heavy atom. The van der Waals surface area contributed by atoms with Crippen LogP contribution in [0, 0.1) is 0 Å². The van der Waals surface area contributed by atoms with Crippen LogP contribution in [0.25, 0.3) is 0 Å². The third kappa shape index (κ3) is 7.06. The standard InChI is InChI=1S/C10H12OS.C7H6OS/c1-2-8-11-10(12)9-6-4-3-5-7-9;8-7(9)6-4-2-1-3-5-6/h3-7H,2,8H2,1H3;1-5H,(H,8,9). The molecule has 0 N–H and O–H groups in total. The average Bonchev–Trinajstić information content (AvgIpc) is 2.55. The molecule has 0 aliphatic heterocycles. The van der Waals surface area contributed by atoms with Gasteiger partial charge in [0.2, 0.25) is 5.12 Å². The number of hydrogen-bond donors (Lipinski definition) is 1. The summed E-state index contributed by atoms with van der Waals surface area (Å²) in [5, 5.41) is 0.410. The number of rotatable bonds is 4. The van der Waals surface area contributed by atoms with Gasteiger partial charge in [0, 0.05) is 11.1 Å². The van der Waals surface area contributed by atoms with Crippen LogP contribution in [-0.2, 0) is 4.74 Å². The van der Waals surface area contributed by atoms with Crippen LogP contribution >= 0.6 is 24.8 Å². The SMILES string of the molecule is CCCOC(=S)c1ccccc1.O=C(S)c1ccccc1. The lowest BCUT2D eigenvalue weighted by molar-refractivity contribution is 0.109. The topological polar surface area (TPSA) is 26.3 Å². The molecule has 0 radical (unpaired) electrons. The molecule has 0 amide bonds. The van der Waals surface area contributed by atoms with Crippen molar-refractivity contribution < 1.29 is 9.53 Å². The van der Waals surface area contributed by atoms with E-state index in [2.05, 4.69) is 19.6 Å². The van der Waals surface area contributed by atoms with Crippen molar-refractivity contribution >= 4 is 35.0 Å². The normalized spacial score (nSPS) is 9.24. The van der Waals surface area contributed by atoms with Gasteiger partial charge in [0.05, 0.1) is 6.61 Å². The molecule has 0 unspecified atom stereocenters. The van der Waals surface area contributed by atoms with Gasteiger partial charge in [-0.15, -0.1) is 12.6 Å². The fraction of sp³-hybridized carbons (Fsp3) is 0.176. The third-order valence-corrected chi connectivity index (χ3v) is 3.08. The first-order valence-corrected chi connectivity index (χ1v) is 7.51. The fourth-order valence-electron chi connectivity index (χ4n) is 1.43. The van der Waals surface area contributed by atoms with Crippen LogP contribution in [-0.4, -0.2) is 16.8 Å². The summed E-state index contributed by atoms with van der Waals surface area (Å²) in [5.74, 6) is 0. The van der Waals surface area contributed by atoms with Crippen LogP contribution in [0.5, 0.6) is 0 Å². The zero-order chi connectivity index (χ0) is 15.5. The van der Waals surface area contributed by atoms with Gasteiger partial charge in [0.15, 0.2) is 5.05 Å². The number of carbonyl (C=O) groups excluding carboxylic acids is 1. The maximum absolute atomic E-state index is 10.5. The van der Waals surface area contributed by atoms with Crippen LogP contribution in [0.1, 0.15) is 29.3 Å². The molecule has 0 fully saturated rings. The summed E-state index contributed by atoms with van der Waals surface area (Å²) in [5.41, 5.74) is 1.63. The minimum absolute atomic E-state index is 0.185. The molecule has 0 saturated heterocycles. The molecule has 2 aromatic rings. The zero-order valence-corrected chi connectivity index (χ0v) is 13.6. The molecule has 4 heteroatoms. The summed E-state index contributed by atoms with van der Waals surface area (Å²) in [6, 6.07) is 18.7. The Labute approximate surface area is 136 Å². The lowest BCUT2D eigenvalue weighted by Crippen LogP contribution is -2.03. The van der Waals surface area contributed by atoms with Crippen molar-refractivity contribution in [2.75, 3.05) is 6.61 Å². The zero-order valence-electron chi connectivity index (χ0n) is 11.9. The summed E-state index contributed by atoms with van der Waals surface area (Å²) in [4.78, 5) is 10.5. The molecule has 0 aliphatic carbocycles. The molecule has 21 heavy (non-hydrogen) atoms. The van der Waals surface area contributed by atoms with Gasteiger partial charge in [0.25, 0.3) is 0 Å². The fourth-order valence-corrected chi connectivity index (χ4v) is 1.80. The molecule has 0 atom stereocenters. The Morgan fingerprint density at radius 3 is 1.86 bits per heavy atom. The smallest absolute Gasteiger partial charge is 0.216 e. The highest BCUT2D eigenvalue weighted by atomic mass is 32.1. The van der Waals surface area contributed by atoms with Crippen LogP contribution in [0.15, 0.2) is 60.7 Å². The van der Waals surface area contributed by atoms with Crippen molar-refractivity contribution in [2.45, 2.75) is 13.3 Å². The van der Waals surface area contributed by atoms with Gasteiger partial charge in [-0.1, -0.05) is 67.6 Å². The summed E-state index contributed by atoms with van der Waals surface area (Å²) in [6.45, 7) is 2.77. The monoisotopic (exact) mass is 318 g/mol. The maximum Gasteiger partial charge on any atom is 0.216 e. The van der Waals surface area contributed by atoms with E-state index in [0.717, 1.165) is 12.0 Å². The predicted octanol–water partition coefficient (Wildman–Crippen LogP) is 4.55. The Balaban J connectivity index is 0.000000219.